The van der Waals surface area contributed by atoms with Crippen LogP contribution in [0.2, 0.25) is 0 Å². The Kier molecular flexibility index (Phi) is 4.03. The molecule has 14 heavy (non-hydrogen) atoms. The number of thioether (sulfide) groups is 1. The first-order chi connectivity index (χ1) is 6.65. The van der Waals surface area contributed by atoms with Gasteiger partial charge in [-0.2, -0.15) is 5.26 Å². The van der Waals surface area contributed by atoms with Crippen molar-refractivity contribution in [2.75, 3.05) is 0 Å². The Balaban J connectivity index is 2.78. The number of benzene rings is 1. The van der Waals surface area contributed by atoms with Gasteiger partial charge in [0.05, 0.1) is 11.3 Å². The molecule has 0 radical (unpaired) electrons. The highest BCUT2D eigenvalue weighted by Gasteiger charge is 2.14. The first-order valence-corrected chi connectivity index (χ1v) is 5.65. The van der Waals surface area contributed by atoms with Gasteiger partial charge in [-0.3, -0.25) is 0 Å². The first kappa shape index (κ1) is 11.1. The Morgan fingerprint density at radius 3 is 2.43 bits per heavy atom. The van der Waals surface area contributed by atoms with E-state index in [9.17, 15) is 0 Å². The standard InChI is InChI=1S/C12H15NS/c1-9(2)12(8-13)14-11-7-5-4-6-10(11)3/h4-7,9,12H,1-3H3. The molecule has 0 saturated heterocycles. The van der Waals surface area contributed by atoms with E-state index >= 15 is 0 Å². The van der Waals surface area contributed by atoms with Crippen molar-refractivity contribution in [3.05, 3.63) is 29.8 Å². The third-order valence-electron chi connectivity index (χ3n) is 2.08. The molecule has 74 valence electrons. The highest BCUT2D eigenvalue weighted by Crippen LogP contribution is 2.29. The molecule has 0 saturated carbocycles. The Labute approximate surface area is 90.1 Å². The summed E-state index contributed by atoms with van der Waals surface area (Å²) in [7, 11) is 0. The number of hydrogen-bond donors (Lipinski definition) is 0. The van der Waals surface area contributed by atoms with Gasteiger partial charge in [-0.15, -0.1) is 11.8 Å². The molecule has 1 aromatic carbocycles. The van der Waals surface area contributed by atoms with Crippen molar-refractivity contribution >= 4 is 11.8 Å². The molecule has 0 aliphatic carbocycles. The van der Waals surface area contributed by atoms with Crippen LogP contribution in [0.5, 0.6) is 0 Å². The smallest absolute Gasteiger partial charge is 0.0986 e. The van der Waals surface area contributed by atoms with Crippen LogP contribution < -0.4 is 0 Å². The van der Waals surface area contributed by atoms with E-state index in [0.29, 0.717) is 5.92 Å². The Hall–Kier alpha value is -0.940. The van der Waals surface area contributed by atoms with E-state index in [-0.39, 0.29) is 5.25 Å². The third-order valence-corrected chi connectivity index (χ3v) is 3.70. The van der Waals surface area contributed by atoms with Gasteiger partial charge in [0.15, 0.2) is 0 Å². The second-order valence-electron chi connectivity index (χ2n) is 3.68. The van der Waals surface area contributed by atoms with Crippen LogP contribution in [-0.4, -0.2) is 5.25 Å². The fraction of sp³-hybridized carbons (Fsp3) is 0.417. The van der Waals surface area contributed by atoms with Crippen LogP contribution in [-0.2, 0) is 0 Å². The van der Waals surface area contributed by atoms with Gasteiger partial charge in [-0.05, 0) is 24.5 Å². The molecule has 1 aromatic rings. The van der Waals surface area contributed by atoms with Gasteiger partial charge in [0.1, 0.15) is 0 Å². The number of nitriles is 1. The third kappa shape index (κ3) is 2.78. The fourth-order valence-corrected chi connectivity index (χ4v) is 2.15. The summed E-state index contributed by atoms with van der Waals surface area (Å²) >= 11 is 1.66. The summed E-state index contributed by atoms with van der Waals surface area (Å²) in [6.07, 6.45) is 0. The topological polar surface area (TPSA) is 23.8 Å². The summed E-state index contributed by atoms with van der Waals surface area (Å²) in [5, 5.41) is 9.03. The Morgan fingerprint density at radius 2 is 1.93 bits per heavy atom. The van der Waals surface area contributed by atoms with Crippen molar-refractivity contribution in [2.24, 2.45) is 5.92 Å². The van der Waals surface area contributed by atoms with E-state index in [1.54, 1.807) is 11.8 Å². The molecular weight excluding hydrogens is 190 g/mol. The lowest BCUT2D eigenvalue weighted by Crippen LogP contribution is -2.07. The van der Waals surface area contributed by atoms with E-state index in [1.807, 2.05) is 12.1 Å². The highest BCUT2D eigenvalue weighted by molar-refractivity contribution is 8.00. The predicted molar refractivity (Wildman–Crippen MR) is 61.3 cm³/mol. The van der Waals surface area contributed by atoms with E-state index in [0.717, 1.165) is 0 Å². The lowest BCUT2D eigenvalue weighted by atomic mass is 10.1. The Morgan fingerprint density at radius 1 is 1.29 bits per heavy atom. The lowest BCUT2D eigenvalue weighted by Gasteiger charge is -2.13. The SMILES string of the molecule is Cc1ccccc1SC(C#N)C(C)C. The van der Waals surface area contributed by atoms with Gasteiger partial charge in [0, 0.05) is 4.90 Å². The molecule has 0 bridgehead atoms. The van der Waals surface area contributed by atoms with Crippen LogP contribution in [0.15, 0.2) is 29.2 Å². The van der Waals surface area contributed by atoms with Crippen molar-refractivity contribution in [3.8, 4) is 6.07 Å². The monoisotopic (exact) mass is 205 g/mol. The molecular formula is C12H15NS. The van der Waals surface area contributed by atoms with Crippen LogP contribution in [0.25, 0.3) is 0 Å². The van der Waals surface area contributed by atoms with Crippen LogP contribution in [0.3, 0.4) is 0 Å². The molecule has 0 N–H and O–H groups in total. The summed E-state index contributed by atoms with van der Waals surface area (Å²) in [6, 6.07) is 10.5. The van der Waals surface area contributed by atoms with Gasteiger partial charge >= 0.3 is 0 Å². The second-order valence-corrected chi connectivity index (χ2v) is 4.86. The summed E-state index contributed by atoms with van der Waals surface area (Å²) in [4.78, 5) is 1.22. The van der Waals surface area contributed by atoms with Crippen LogP contribution >= 0.6 is 11.8 Å². The quantitative estimate of drug-likeness (QED) is 0.703. The maximum atomic E-state index is 8.98. The number of rotatable bonds is 3. The zero-order valence-electron chi connectivity index (χ0n) is 8.82. The van der Waals surface area contributed by atoms with Crippen LogP contribution in [0.1, 0.15) is 19.4 Å². The number of nitrogens with zero attached hydrogens (tertiary/aromatic N) is 1. The second kappa shape index (κ2) is 5.07. The van der Waals surface area contributed by atoms with Crippen molar-refractivity contribution in [1.29, 1.82) is 5.26 Å². The normalized spacial score (nSPS) is 12.5. The largest absolute Gasteiger partial charge is 0.197 e. The lowest BCUT2D eigenvalue weighted by molar-refractivity contribution is 0.685. The maximum absolute atomic E-state index is 8.98. The van der Waals surface area contributed by atoms with Gasteiger partial charge in [-0.1, -0.05) is 32.0 Å². The maximum Gasteiger partial charge on any atom is 0.0986 e. The van der Waals surface area contributed by atoms with Crippen molar-refractivity contribution in [3.63, 3.8) is 0 Å². The average molecular weight is 205 g/mol. The molecule has 0 spiro atoms. The molecule has 0 aliphatic heterocycles. The van der Waals surface area contributed by atoms with Gasteiger partial charge in [0.25, 0.3) is 0 Å². The highest BCUT2D eigenvalue weighted by atomic mass is 32.2. The van der Waals surface area contributed by atoms with Crippen molar-refractivity contribution in [2.45, 2.75) is 30.9 Å². The first-order valence-electron chi connectivity index (χ1n) is 4.77. The molecule has 0 heterocycles. The van der Waals surface area contributed by atoms with Crippen LogP contribution in [0, 0.1) is 24.2 Å². The van der Waals surface area contributed by atoms with Gasteiger partial charge < -0.3 is 0 Å². The summed E-state index contributed by atoms with van der Waals surface area (Å²) in [5.74, 6) is 0.393. The molecule has 0 fully saturated rings. The molecule has 1 atom stereocenters. The molecule has 1 nitrogen and oxygen atoms in total. The van der Waals surface area contributed by atoms with Gasteiger partial charge in [0.2, 0.25) is 0 Å². The van der Waals surface area contributed by atoms with E-state index in [4.69, 9.17) is 5.26 Å². The summed E-state index contributed by atoms with van der Waals surface area (Å²) in [5.41, 5.74) is 1.25. The number of hydrogen-bond acceptors (Lipinski definition) is 2. The van der Waals surface area contributed by atoms with Gasteiger partial charge in [-0.25, -0.2) is 0 Å². The fourth-order valence-electron chi connectivity index (χ4n) is 1.14. The summed E-state index contributed by atoms with van der Waals surface area (Å²) in [6.45, 7) is 6.25. The van der Waals surface area contributed by atoms with Crippen molar-refractivity contribution < 1.29 is 0 Å². The molecule has 2 heteroatoms. The zero-order valence-corrected chi connectivity index (χ0v) is 9.64. The van der Waals surface area contributed by atoms with E-state index in [2.05, 4.69) is 39.0 Å². The number of aryl methyl sites for hydroxylation is 1. The van der Waals surface area contributed by atoms with E-state index < -0.39 is 0 Å². The Bertz CT molecular complexity index is 338. The van der Waals surface area contributed by atoms with Crippen molar-refractivity contribution in [1.82, 2.24) is 0 Å². The molecule has 0 aliphatic rings. The zero-order chi connectivity index (χ0) is 10.6. The minimum Gasteiger partial charge on any atom is -0.197 e. The molecule has 0 aromatic heterocycles. The molecule has 1 unspecified atom stereocenters. The molecule has 1 rings (SSSR count). The molecule has 0 amide bonds. The minimum atomic E-state index is 0.0519. The average Bonchev–Trinajstić information content (AvgIpc) is 2.16. The van der Waals surface area contributed by atoms with Crippen LogP contribution in [0.4, 0.5) is 0 Å². The minimum absolute atomic E-state index is 0.0519. The van der Waals surface area contributed by atoms with E-state index in [1.165, 1.54) is 10.5 Å². The summed E-state index contributed by atoms with van der Waals surface area (Å²) < 4.78 is 0. The predicted octanol–water partition coefficient (Wildman–Crippen LogP) is 3.64.